The number of rotatable bonds is 3. The van der Waals surface area contributed by atoms with Gasteiger partial charge in [0.2, 0.25) is 0 Å². The van der Waals surface area contributed by atoms with Gasteiger partial charge in [-0.15, -0.1) is 0 Å². The van der Waals surface area contributed by atoms with Gasteiger partial charge in [0.25, 0.3) is 0 Å². The molecule has 29 heavy (non-hydrogen) atoms. The highest BCUT2D eigenvalue weighted by Crippen LogP contribution is 2.21. The molecule has 1 heteroatoms. The SMILES string of the molecule is C(#Cc1ccc2ccc(Cc3ccccc3)cc2c1)Cc1cc2ccccc2o1. The average molecular weight is 372 g/mol. The summed E-state index contributed by atoms with van der Waals surface area (Å²) in [6.07, 6.45) is 1.56. The summed E-state index contributed by atoms with van der Waals surface area (Å²) in [6, 6.07) is 33.8. The Balaban J connectivity index is 1.37. The van der Waals surface area contributed by atoms with E-state index < -0.39 is 0 Å². The average Bonchev–Trinajstić information content (AvgIpc) is 3.17. The van der Waals surface area contributed by atoms with Crippen LogP contribution in [0.1, 0.15) is 22.5 Å². The zero-order valence-corrected chi connectivity index (χ0v) is 16.1. The molecule has 0 atom stereocenters. The quantitative estimate of drug-likeness (QED) is 0.319. The third-order valence-corrected chi connectivity index (χ3v) is 5.13. The Morgan fingerprint density at radius 1 is 0.621 bits per heavy atom. The van der Waals surface area contributed by atoms with Crippen LogP contribution < -0.4 is 0 Å². The molecule has 5 aromatic rings. The summed E-state index contributed by atoms with van der Waals surface area (Å²) in [6.45, 7) is 0. The van der Waals surface area contributed by atoms with Crippen LogP contribution in [-0.2, 0) is 12.8 Å². The first-order chi connectivity index (χ1) is 14.3. The molecule has 1 heterocycles. The van der Waals surface area contributed by atoms with Crippen molar-refractivity contribution < 1.29 is 4.42 Å². The van der Waals surface area contributed by atoms with Crippen molar-refractivity contribution in [1.29, 1.82) is 0 Å². The van der Waals surface area contributed by atoms with Gasteiger partial charge in [-0.25, -0.2) is 0 Å². The van der Waals surface area contributed by atoms with Gasteiger partial charge in [0.05, 0.1) is 6.42 Å². The molecule has 0 unspecified atom stereocenters. The maximum absolute atomic E-state index is 5.85. The van der Waals surface area contributed by atoms with Crippen LogP contribution in [0.25, 0.3) is 21.7 Å². The summed E-state index contributed by atoms with van der Waals surface area (Å²) in [5.41, 5.74) is 4.59. The minimum absolute atomic E-state index is 0.612. The van der Waals surface area contributed by atoms with Gasteiger partial charge in [0.1, 0.15) is 11.3 Å². The highest BCUT2D eigenvalue weighted by Gasteiger charge is 2.02. The Hall–Kier alpha value is -3.76. The fourth-order valence-electron chi connectivity index (χ4n) is 3.67. The number of benzene rings is 4. The van der Waals surface area contributed by atoms with E-state index in [1.165, 1.54) is 21.9 Å². The second kappa shape index (κ2) is 7.70. The van der Waals surface area contributed by atoms with Crippen molar-refractivity contribution >= 4 is 21.7 Å². The molecule has 0 aliphatic rings. The molecular formula is C28H20O. The monoisotopic (exact) mass is 372 g/mol. The van der Waals surface area contributed by atoms with Crippen molar-refractivity contribution in [2.75, 3.05) is 0 Å². The topological polar surface area (TPSA) is 13.1 Å². The summed E-state index contributed by atoms with van der Waals surface area (Å²) >= 11 is 0. The molecule has 0 fully saturated rings. The molecule has 0 radical (unpaired) electrons. The molecule has 0 aliphatic carbocycles. The lowest BCUT2D eigenvalue weighted by atomic mass is 10.00. The van der Waals surface area contributed by atoms with E-state index in [2.05, 4.69) is 90.7 Å². The molecule has 0 bridgehead atoms. The Labute approximate surface area is 170 Å². The van der Waals surface area contributed by atoms with E-state index in [0.717, 1.165) is 28.7 Å². The van der Waals surface area contributed by atoms with Crippen molar-refractivity contribution in [3.8, 4) is 11.8 Å². The van der Waals surface area contributed by atoms with Crippen molar-refractivity contribution in [2.24, 2.45) is 0 Å². The van der Waals surface area contributed by atoms with Crippen LogP contribution in [0, 0.1) is 11.8 Å². The van der Waals surface area contributed by atoms with Gasteiger partial charge in [-0.2, -0.15) is 0 Å². The van der Waals surface area contributed by atoms with E-state index in [-0.39, 0.29) is 0 Å². The van der Waals surface area contributed by atoms with Gasteiger partial charge in [-0.3, -0.25) is 0 Å². The minimum atomic E-state index is 0.612. The Morgan fingerprint density at radius 2 is 1.45 bits per heavy atom. The molecule has 1 nitrogen and oxygen atoms in total. The second-order valence-electron chi connectivity index (χ2n) is 7.29. The lowest BCUT2D eigenvalue weighted by molar-refractivity contribution is 0.568. The molecule has 138 valence electrons. The van der Waals surface area contributed by atoms with Crippen molar-refractivity contribution in [3.05, 3.63) is 120 Å². The van der Waals surface area contributed by atoms with Crippen molar-refractivity contribution in [1.82, 2.24) is 0 Å². The van der Waals surface area contributed by atoms with Crippen LogP contribution in [0.4, 0.5) is 0 Å². The zero-order valence-electron chi connectivity index (χ0n) is 16.1. The number of hydrogen-bond donors (Lipinski definition) is 0. The summed E-state index contributed by atoms with van der Waals surface area (Å²) < 4.78 is 5.85. The van der Waals surface area contributed by atoms with E-state index in [1.54, 1.807) is 0 Å². The number of hydrogen-bond acceptors (Lipinski definition) is 1. The third-order valence-electron chi connectivity index (χ3n) is 5.13. The predicted molar refractivity (Wildman–Crippen MR) is 120 cm³/mol. The van der Waals surface area contributed by atoms with Crippen molar-refractivity contribution in [3.63, 3.8) is 0 Å². The summed E-state index contributed by atoms with van der Waals surface area (Å²) in [5, 5.41) is 3.60. The van der Waals surface area contributed by atoms with Gasteiger partial charge >= 0.3 is 0 Å². The van der Waals surface area contributed by atoms with Crippen LogP contribution in [0.15, 0.2) is 101 Å². The van der Waals surface area contributed by atoms with E-state index in [9.17, 15) is 0 Å². The standard InChI is InChI=1S/C28H20O/c1-2-7-21(8-3-1)17-23-14-16-24-15-13-22(18-26(24)19-23)9-6-11-27-20-25-10-4-5-12-28(25)29-27/h1-5,7-8,10,12-16,18-20H,11,17H2. The normalized spacial score (nSPS) is 10.8. The fraction of sp³-hybridized carbons (Fsp3) is 0.0714. The van der Waals surface area contributed by atoms with E-state index in [0.29, 0.717) is 6.42 Å². The first-order valence-corrected chi connectivity index (χ1v) is 9.86. The smallest absolute Gasteiger partial charge is 0.134 e. The Bertz CT molecular complexity index is 1310. The fourth-order valence-corrected chi connectivity index (χ4v) is 3.67. The summed E-state index contributed by atoms with van der Waals surface area (Å²) in [4.78, 5) is 0. The van der Waals surface area contributed by atoms with Gasteiger partial charge in [-0.1, -0.05) is 84.6 Å². The summed E-state index contributed by atoms with van der Waals surface area (Å²) in [7, 11) is 0. The third kappa shape index (κ3) is 3.93. The van der Waals surface area contributed by atoms with Gasteiger partial charge < -0.3 is 4.42 Å². The molecule has 4 aromatic carbocycles. The van der Waals surface area contributed by atoms with Gasteiger partial charge in [0, 0.05) is 10.9 Å². The van der Waals surface area contributed by atoms with Crippen LogP contribution in [0.5, 0.6) is 0 Å². The Morgan fingerprint density at radius 3 is 2.34 bits per heavy atom. The first-order valence-electron chi connectivity index (χ1n) is 9.86. The zero-order chi connectivity index (χ0) is 19.5. The molecule has 0 N–H and O–H groups in total. The molecule has 0 amide bonds. The highest BCUT2D eigenvalue weighted by molar-refractivity contribution is 5.84. The first kappa shape index (κ1) is 17.3. The molecule has 0 spiro atoms. The predicted octanol–water partition coefficient (Wildman–Crippen LogP) is 6.77. The van der Waals surface area contributed by atoms with E-state index in [1.807, 2.05) is 18.2 Å². The lowest BCUT2D eigenvalue weighted by Crippen LogP contribution is -1.88. The maximum Gasteiger partial charge on any atom is 0.134 e. The van der Waals surface area contributed by atoms with Gasteiger partial charge in [0.15, 0.2) is 0 Å². The largest absolute Gasteiger partial charge is 0.460 e. The molecular weight excluding hydrogens is 352 g/mol. The second-order valence-corrected chi connectivity index (χ2v) is 7.29. The highest BCUT2D eigenvalue weighted by atomic mass is 16.3. The number of para-hydroxylation sites is 1. The minimum Gasteiger partial charge on any atom is -0.460 e. The number of furan rings is 1. The van der Waals surface area contributed by atoms with Crippen LogP contribution in [-0.4, -0.2) is 0 Å². The Kier molecular flexibility index (Phi) is 4.60. The van der Waals surface area contributed by atoms with E-state index in [4.69, 9.17) is 4.42 Å². The molecule has 5 rings (SSSR count). The van der Waals surface area contributed by atoms with E-state index >= 15 is 0 Å². The lowest BCUT2D eigenvalue weighted by Gasteiger charge is -2.05. The van der Waals surface area contributed by atoms with Gasteiger partial charge in [-0.05, 0) is 52.6 Å². The van der Waals surface area contributed by atoms with Crippen LogP contribution in [0.2, 0.25) is 0 Å². The van der Waals surface area contributed by atoms with Crippen LogP contribution in [0.3, 0.4) is 0 Å². The molecule has 0 aliphatic heterocycles. The molecule has 0 saturated carbocycles. The van der Waals surface area contributed by atoms with Crippen molar-refractivity contribution in [2.45, 2.75) is 12.8 Å². The maximum atomic E-state index is 5.85. The number of fused-ring (bicyclic) bond motifs is 2. The molecule has 1 aromatic heterocycles. The van der Waals surface area contributed by atoms with Crippen LogP contribution >= 0.6 is 0 Å². The summed E-state index contributed by atoms with van der Waals surface area (Å²) in [5.74, 6) is 7.45. The molecule has 0 saturated heterocycles.